The molecule has 0 radical (unpaired) electrons. The lowest BCUT2D eigenvalue weighted by atomic mass is 9.98. The van der Waals surface area contributed by atoms with Gasteiger partial charge in [-0.05, 0) is 59.0 Å². The van der Waals surface area contributed by atoms with Crippen molar-refractivity contribution in [3.05, 3.63) is 102 Å². The molecule has 9 nitrogen and oxygen atoms in total. The second-order valence-corrected chi connectivity index (χ2v) is 10.7. The van der Waals surface area contributed by atoms with Gasteiger partial charge < -0.3 is 9.30 Å². The van der Waals surface area contributed by atoms with Gasteiger partial charge in [-0.15, -0.1) is 5.10 Å². The van der Waals surface area contributed by atoms with Gasteiger partial charge in [-0.2, -0.15) is 4.68 Å². The highest BCUT2D eigenvalue weighted by Crippen LogP contribution is 2.32. The highest BCUT2D eigenvalue weighted by molar-refractivity contribution is 5.91. The van der Waals surface area contributed by atoms with E-state index in [0.29, 0.717) is 24.7 Å². The second kappa shape index (κ2) is 13.1. The Morgan fingerprint density at radius 2 is 1.59 bits per heavy atom. The van der Waals surface area contributed by atoms with Gasteiger partial charge in [0, 0.05) is 24.2 Å². The summed E-state index contributed by atoms with van der Waals surface area (Å²) in [4.78, 5) is 22.0. The highest BCUT2D eigenvalue weighted by atomic mass is 16.5. The van der Waals surface area contributed by atoms with Crippen LogP contribution in [0.25, 0.3) is 44.8 Å². The van der Waals surface area contributed by atoms with Gasteiger partial charge in [0.2, 0.25) is 0 Å². The fourth-order valence-corrected chi connectivity index (χ4v) is 5.57. The van der Waals surface area contributed by atoms with Crippen LogP contribution in [0.4, 0.5) is 0 Å². The number of hydrogen-bond acceptors (Lipinski definition) is 7. The van der Waals surface area contributed by atoms with E-state index in [1.165, 1.54) is 0 Å². The summed E-state index contributed by atoms with van der Waals surface area (Å²) in [7, 11) is 0. The van der Waals surface area contributed by atoms with Crippen LogP contribution < -0.4 is 0 Å². The molecule has 0 bridgehead atoms. The number of pyridine rings is 1. The average molecular weight is 586 g/mol. The number of tetrazole rings is 1. The molecule has 0 aliphatic heterocycles. The van der Waals surface area contributed by atoms with Gasteiger partial charge in [0.05, 0.1) is 6.54 Å². The van der Waals surface area contributed by atoms with Crippen molar-refractivity contribution < 1.29 is 9.53 Å². The molecular weight excluding hydrogens is 550 g/mol. The van der Waals surface area contributed by atoms with E-state index >= 15 is 0 Å². The average Bonchev–Trinajstić information content (AvgIpc) is 3.69. The van der Waals surface area contributed by atoms with E-state index in [1.807, 2.05) is 68.4 Å². The summed E-state index contributed by atoms with van der Waals surface area (Å²) < 4.78 is 9.62. The van der Waals surface area contributed by atoms with Crippen LogP contribution in [-0.4, -0.2) is 47.6 Å². The fraction of sp³-hybridized carbons (Fsp3) is 0.257. The zero-order chi connectivity index (χ0) is 30.5. The van der Waals surface area contributed by atoms with E-state index < -0.39 is 0 Å². The molecule has 0 amide bonds. The van der Waals surface area contributed by atoms with Crippen LogP contribution >= 0.6 is 0 Å². The molecule has 6 rings (SSSR count). The van der Waals surface area contributed by atoms with Crippen LogP contribution in [0.2, 0.25) is 0 Å². The molecule has 222 valence electrons. The molecule has 9 heteroatoms. The molecular formula is C35H35N7O2. The van der Waals surface area contributed by atoms with Gasteiger partial charge in [0.1, 0.15) is 17.0 Å². The number of benzene rings is 3. The first kappa shape index (κ1) is 29.1. The number of rotatable bonds is 12. The summed E-state index contributed by atoms with van der Waals surface area (Å²) in [5.41, 5.74) is 7.81. The fourth-order valence-electron chi connectivity index (χ4n) is 5.57. The number of carbonyl (C=O) groups is 1. The van der Waals surface area contributed by atoms with Crippen LogP contribution in [-0.2, 0) is 17.7 Å². The predicted octanol–water partition coefficient (Wildman–Crippen LogP) is 7.18. The molecule has 0 aliphatic carbocycles. The van der Waals surface area contributed by atoms with Gasteiger partial charge in [-0.3, -0.25) is 4.79 Å². The number of aromatic nitrogens is 7. The third kappa shape index (κ3) is 5.78. The Morgan fingerprint density at radius 1 is 0.864 bits per heavy atom. The molecule has 0 aliphatic rings. The molecule has 3 aromatic carbocycles. The first-order chi connectivity index (χ1) is 21.6. The maximum Gasteiger partial charge on any atom is 0.185 e. The first-order valence-corrected chi connectivity index (χ1v) is 15.1. The number of aryl methyl sites for hydroxylation is 1. The van der Waals surface area contributed by atoms with E-state index in [2.05, 4.69) is 57.3 Å². The lowest BCUT2D eigenvalue weighted by molar-refractivity contribution is 0.0159. The molecule has 6 aromatic rings. The van der Waals surface area contributed by atoms with Crippen LogP contribution in [0.5, 0.6) is 0 Å². The first-order valence-electron chi connectivity index (χ1n) is 15.1. The number of ether oxygens (including phenoxy) is 1. The summed E-state index contributed by atoms with van der Waals surface area (Å²) in [5.74, 6) is 1.63. The summed E-state index contributed by atoms with van der Waals surface area (Å²) in [6.07, 6.45) is 3.47. The van der Waals surface area contributed by atoms with E-state index in [-0.39, 0.29) is 6.23 Å². The highest BCUT2D eigenvalue weighted by Gasteiger charge is 2.19. The van der Waals surface area contributed by atoms with Crippen LogP contribution in [0.1, 0.15) is 61.7 Å². The Morgan fingerprint density at radius 3 is 2.32 bits per heavy atom. The van der Waals surface area contributed by atoms with Crippen molar-refractivity contribution >= 4 is 17.5 Å². The lowest BCUT2D eigenvalue weighted by Gasteiger charge is -2.15. The van der Waals surface area contributed by atoms with Crippen molar-refractivity contribution in [1.29, 1.82) is 0 Å². The second-order valence-electron chi connectivity index (χ2n) is 10.7. The minimum Gasteiger partial charge on any atom is -0.357 e. The van der Waals surface area contributed by atoms with E-state index in [4.69, 9.17) is 14.7 Å². The van der Waals surface area contributed by atoms with Crippen molar-refractivity contribution in [1.82, 2.24) is 34.7 Å². The number of aldehydes is 1. The topological polar surface area (TPSA) is 101 Å². The summed E-state index contributed by atoms with van der Waals surface area (Å²) in [5, 5.41) is 12.4. The van der Waals surface area contributed by atoms with E-state index in [9.17, 15) is 4.79 Å². The molecule has 0 saturated carbocycles. The van der Waals surface area contributed by atoms with Gasteiger partial charge in [0.25, 0.3) is 0 Å². The van der Waals surface area contributed by atoms with Crippen LogP contribution in [0, 0.1) is 0 Å². The lowest BCUT2D eigenvalue weighted by Crippen LogP contribution is -2.12. The minimum absolute atomic E-state index is 0.288. The summed E-state index contributed by atoms with van der Waals surface area (Å²) >= 11 is 0. The zero-order valence-electron chi connectivity index (χ0n) is 25.2. The van der Waals surface area contributed by atoms with Crippen molar-refractivity contribution in [2.45, 2.75) is 52.8 Å². The van der Waals surface area contributed by atoms with Crippen molar-refractivity contribution in [3.63, 3.8) is 0 Å². The van der Waals surface area contributed by atoms with Crippen LogP contribution in [0.15, 0.2) is 84.9 Å². The van der Waals surface area contributed by atoms with Gasteiger partial charge in [-0.25, -0.2) is 9.97 Å². The Labute approximate surface area is 256 Å². The maximum atomic E-state index is 12.2. The Kier molecular flexibility index (Phi) is 8.65. The molecule has 1 unspecified atom stereocenters. The summed E-state index contributed by atoms with van der Waals surface area (Å²) in [6.45, 7) is 7.23. The number of unbranched alkanes of at least 4 members (excludes halogenated alkanes) is 1. The maximum absolute atomic E-state index is 12.2. The summed E-state index contributed by atoms with van der Waals surface area (Å²) in [6, 6.07) is 28.5. The Balaban J connectivity index is 1.35. The number of carbonyl (C=O) groups excluding carboxylic acids is 1. The Bertz CT molecular complexity index is 1880. The third-order valence-electron chi connectivity index (χ3n) is 7.80. The third-order valence-corrected chi connectivity index (χ3v) is 7.80. The molecule has 3 heterocycles. The van der Waals surface area contributed by atoms with Gasteiger partial charge >= 0.3 is 0 Å². The monoisotopic (exact) mass is 585 g/mol. The van der Waals surface area contributed by atoms with Crippen molar-refractivity contribution in [3.8, 4) is 33.6 Å². The van der Waals surface area contributed by atoms with E-state index in [1.54, 1.807) is 4.68 Å². The minimum atomic E-state index is -0.288. The zero-order valence-corrected chi connectivity index (χ0v) is 25.2. The molecule has 1 atom stereocenters. The number of nitrogens with zero attached hydrogens (tertiary/aromatic N) is 7. The standard InChI is InChI=1S/C35H35N7O2/c1-4-6-16-33-36-31-21-30(26-12-8-7-9-13-26)32(23-43)37-35(31)41(33)22-25-17-19-27(20-18-25)28-14-10-11-15-29(28)34-38-39-40-42(34)24(3)44-5-2/h7-15,17-21,23-24H,4-6,16,22H2,1-3H3. The molecule has 0 saturated heterocycles. The molecule has 3 aromatic heterocycles. The number of imidazole rings is 1. The van der Waals surface area contributed by atoms with Gasteiger partial charge in [0.15, 0.2) is 24.0 Å². The quantitative estimate of drug-likeness (QED) is 0.140. The smallest absolute Gasteiger partial charge is 0.185 e. The van der Waals surface area contributed by atoms with E-state index in [0.717, 1.165) is 75.9 Å². The van der Waals surface area contributed by atoms with Gasteiger partial charge in [-0.1, -0.05) is 92.2 Å². The largest absolute Gasteiger partial charge is 0.357 e. The number of hydrogen-bond donors (Lipinski definition) is 0. The molecule has 0 fully saturated rings. The number of fused-ring (bicyclic) bond motifs is 1. The predicted molar refractivity (Wildman–Crippen MR) is 171 cm³/mol. The molecule has 0 N–H and O–H groups in total. The molecule has 44 heavy (non-hydrogen) atoms. The van der Waals surface area contributed by atoms with Crippen molar-refractivity contribution in [2.75, 3.05) is 6.61 Å². The molecule has 0 spiro atoms. The van der Waals surface area contributed by atoms with Crippen molar-refractivity contribution in [2.24, 2.45) is 0 Å². The van der Waals surface area contributed by atoms with Crippen LogP contribution in [0.3, 0.4) is 0 Å². The normalized spacial score (nSPS) is 12.1. The Hall–Kier alpha value is -5.02. The SMILES string of the molecule is CCCCc1nc2cc(-c3ccccc3)c(C=O)nc2n1Cc1ccc(-c2ccccc2-c2nnnn2C(C)OCC)cc1.